The summed E-state index contributed by atoms with van der Waals surface area (Å²) in [5, 5.41) is 8.91. The van der Waals surface area contributed by atoms with Crippen molar-refractivity contribution in [3.63, 3.8) is 0 Å². The van der Waals surface area contributed by atoms with Crippen LogP contribution in [0.5, 0.6) is 0 Å². The Morgan fingerprint density at radius 2 is 1.26 bits per heavy atom. The van der Waals surface area contributed by atoms with E-state index in [0.717, 1.165) is 12.2 Å². The van der Waals surface area contributed by atoms with Crippen LogP contribution >= 0.6 is 0 Å². The van der Waals surface area contributed by atoms with E-state index >= 15 is 0 Å². The van der Waals surface area contributed by atoms with Crippen LogP contribution in [0, 0.1) is 11.3 Å². The van der Waals surface area contributed by atoms with E-state index in [9.17, 15) is 0 Å². The minimum Gasteiger partial charge on any atom is -0.201 e. The van der Waals surface area contributed by atoms with Crippen molar-refractivity contribution in [2.24, 2.45) is 0 Å². The van der Waals surface area contributed by atoms with Crippen LogP contribution < -0.4 is 9.13 Å². The van der Waals surface area contributed by atoms with Gasteiger partial charge < -0.3 is 0 Å². The lowest BCUT2D eigenvalue weighted by Crippen LogP contribution is -2.33. The minimum atomic E-state index is 0.670. The predicted molar refractivity (Wildman–Crippen MR) is 104 cm³/mol. The van der Waals surface area contributed by atoms with Crippen LogP contribution in [0.4, 0.5) is 0 Å². The van der Waals surface area contributed by atoms with Crippen molar-refractivity contribution in [3.05, 3.63) is 115 Å². The van der Waals surface area contributed by atoms with Gasteiger partial charge in [0.05, 0.1) is 11.6 Å². The van der Waals surface area contributed by atoms with Gasteiger partial charge in [0, 0.05) is 42.0 Å². The van der Waals surface area contributed by atoms with Gasteiger partial charge in [0.2, 0.25) is 5.69 Å². The largest absolute Gasteiger partial charge is 0.210 e. The molecule has 0 aliphatic rings. The van der Waals surface area contributed by atoms with Gasteiger partial charge in [-0.2, -0.15) is 9.83 Å². The van der Waals surface area contributed by atoms with Gasteiger partial charge in [-0.25, -0.2) is 4.57 Å². The Kier molecular flexibility index (Phi) is 4.72. The third-order valence-electron chi connectivity index (χ3n) is 4.56. The van der Waals surface area contributed by atoms with Crippen molar-refractivity contribution in [1.82, 2.24) is 0 Å². The molecule has 0 N–H and O–H groups in total. The molecule has 0 saturated heterocycles. The number of nitrogens with zero attached hydrogens (tertiary/aromatic N) is 3. The smallest absolute Gasteiger partial charge is 0.201 e. The molecule has 4 aromatic rings. The first-order valence-corrected chi connectivity index (χ1v) is 8.87. The van der Waals surface area contributed by atoms with E-state index in [1.54, 1.807) is 0 Å². The Morgan fingerprint density at radius 1 is 0.667 bits per heavy atom. The molecule has 0 bridgehead atoms. The first-order valence-electron chi connectivity index (χ1n) is 8.87. The molecule has 0 saturated carbocycles. The molecule has 2 aromatic carbocycles. The molecule has 0 spiro atoms. The van der Waals surface area contributed by atoms with Crippen molar-refractivity contribution in [3.8, 4) is 22.9 Å². The first-order chi connectivity index (χ1) is 13.3. The van der Waals surface area contributed by atoms with Crippen LogP contribution in [-0.4, -0.2) is 0 Å². The number of benzene rings is 2. The summed E-state index contributed by atoms with van der Waals surface area (Å²) in [6, 6.07) is 28.7. The Balaban J connectivity index is 1.51. The summed E-state index contributed by atoms with van der Waals surface area (Å²) in [6.45, 7) is 0.870. The maximum atomic E-state index is 8.91. The van der Waals surface area contributed by atoms with Gasteiger partial charge in [-0.15, -0.1) is 0 Å². The second-order valence-electron chi connectivity index (χ2n) is 6.40. The number of rotatable bonds is 4. The Bertz CT molecular complexity index is 1060. The first kappa shape index (κ1) is 16.7. The summed E-state index contributed by atoms with van der Waals surface area (Å²) in [5.41, 5.74) is 5.36. The maximum absolute atomic E-state index is 8.91. The fourth-order valence-corrected chi connectivity index (χ4v) is 3.05. The SMILES string of the molecule is N#Cc1ccc(-[n+]2ccc(-c3cc[n+](Cc4ccccc4)cc3)cc2)cc1. The fraction of sp³-hybridized carbons (Fsp3) is 0.0417. The lowest BCUT2D eigenvalue weighted by Gasteiger charge is -2.02. The van der Waals surface area contributed by atoms with E-state index in [0.29, 0.717) is 5.56 Å². The lowest BCUT2D eigenvalue weighted by molar-refractivity contribution is -0.688. The van der Waals surface area contributed by atoms with Gasteiger partial charge in [-0.1, -0.05) is 30.3 Å². The highest BCUT2D eigenvalue weighted by Crippen LogP contribution is 2.16. The Hall–Kier alpha value is -3.77. The number of nitriles is 1. The van der Waals surface area contributed by atoms with E-state index in [2.05, 4.69) is 71.6 Å². The molecule has 0 radical (unpaired) electrons. The van der Waals surface area contributed by atoms with E-state index in [1.807, 2.05) is 47.3 Å². The zero-order valence-corrected chi connectivity index (χ0v) is 14.9. The normalized spacial score (nSPS) is 10.3. The summed E-state index contributed by atoms with van der Waals surface area (Å²) in [4.78, 5) is 0. The van der Waals surface area contributed by atoms with Crippen molar-refractivity contribution in [2.45, 2.75) is 6.54 Å². The molecule has 0 atom stereocenters. The molecule has 2 aromatic heterocycles. The van der Waals surface area contributed by atoms with Crippen LogP contribution in [0.1, 0.15) is 11.1 Å². The highest BCUT2D eigenvalue weighted by Gasteiger charge is 2.08. The molecule has 0 aliphatic carbocycles. The number of pyridine rings is 2. The number of hydrogen-bond acceptors (Lipinski definition) is 1. The zero-order valence-electron chi connectivity index (χ0n) is 14.9. The van der Waals surface area contributed by atoms with E-state index in [1.165, 1.54) is 16.7 Å². The second-order valence-corrected chi connectivity index (χ2v) is 6.40. The second kappa shape index (κ2) is 7.63. The molecular formula is C24H19N3+2. The predicted octanol–water partition coefficient (Wildman–Crippen LogP) is 3.84. The van der Waals surface area contributed by atoms with Crippen molar-refractivity contribution >= 4 is 0 Å². The van der Waals surface area contributed by atoms with Gasteiger partial charge in [0.1, 0.15) is 0 Å². The molecule has 3 heteroatoms. The molecule has 0 fully saturated rings. The molecule has 0 aliphatic heterocycles. The van der Waals surface area contributed by atoms with Gasteiger partial charge in [0.15, 0.2) is 31.3 Å². The third kappa shape index (κ3) is 3.91. The van der Waals surface area contributed by atoms with Crippen molar-refractivity contribution < 1.29 is 9.13 Å². The third-order valence-corrected chi connectivity index (χ3v) is 4.56. The molecule has 128 valence electrons. The van der Waals surface area contributed by atoms with Gasteiger partial charge >= 0.3 is 0 Å². The molecule has 27 heavy (non-hydrogen) atoms. The number of aromatic nitrogens is 2. The summed E-state index contributed by atoms with van der Waals surface area (Å²) >= 11 is 0. The van der Waals surface area contributed by atoms with Crippen LogP contribution in [-0.2, 0) is 6.54 Å². The molecule has 4 rings (SSSR count). The van der Waals surface area contributed by atoms with E-state index in [4.69, 9.17) is 5.26 Å². The fourth-order valence-electron chi connectivity index (χ4n) is 3.05. The van der Waals surface area contributed by atoms with E-state index < -0.39 is 0 Å². The maximum Gasteiger partial charge on any atom is 0.210 e. The molecule has 0 unspecified atom stereocenters. The van der Waals surface area contributed by atoms with Crippen molar-refractivity contribution in [2.75, 3.05) is 0 Å². The van der Waals surface area contributed by atoms with Gasteiger partial charge in [0.25, 0.3) is 0 Å². The van der Waals surface area contributed by atoms with Crippen LogP contribution in [0.2, 0.25) is 0 Å². The summed E-state index contributed by atoms with van der Waals surface area (Å²) in [5.74, 6) is 0. The molecule has 0 amide bonds. The van der Waals surface area contributed by atoms with Crippen LogP contribution in [0.3, 0.4) is 0 Å². The van der Waals surface area contributed by atoms with Crippen LogP contribution in [0.15, 0.2) is 104 Å². The zero-order chi connectivity index (χ0) is 18.5. The monoisotopic (exact) mass is 349 g/mol. The standard InChI is InChI=1S/C24H19N3/c25-18-20-6-8-24(9-7-20)27-16-12-23(13-17-27)22-10-14-26(15-11-22)19-21-4-2-1-3-5-21/h1-17H,19H2/q+2. The summed E-state index contributed by atoms with van der Waals surface area (Å²) in [6.07, 6.45) is 8.32. The molecule has 3 nitrogen and oxygen atoms in total. The van der Waals surface area contributed by atoms with Crippen molar-refractivity contribution in [1.29, 1.82) is 5.26 Å². The lowest BCUT2D eigenvalue weighted by atomic mass is 10.1. The highest BCUT2D eigenvalue weighted by atomic mass is 14.9. The quantitative estimate of drug-likeness (QED) is 0.515. The summed E-state index contributed by atoms with van der Waals surface area (Å²) < 4.78 is 4.22. The topological polar surface area (TPSA) is 31.5 Å². The molecular weight excluding hydrogens is 330 g/mol. The average Bonchev–Trinajstić information content (AvgIpc) is 2.75. The highest BCUT2D eigenvalue weighted by molar-refractivity contribution is 5.61. The minimum absolute atomic E-state index is 0.670. The Labute approximate surface area is 159 Å². The summed E-state index contributed by atoms with van der Waals surface area (Å²) in [7, 11) is 0. The van der Waals surface area contributed by atoms with Gasteiger partial charge in [-0.05, 0) is 23.3 Å². The Morgan fingerprint density at radius 3 is 1.85 bits per heavy atom. The van der Waals surface area contributed by atoms with E-state index in [-0.39, 0.29) is 0 Å². The van der Waals surface area contributed by atoms with Gasteiger partial charge in [-0.3, -0.25) is 0 Å². The molecule has 2 heterocycles. The average molecular weight is 349 g/mol. The van der Waals surface area contributed by atoms with Crippen LogP contribution in [0.25, 0.3) is 16.8 Å². The number of hydrogen-bond donors (Lipinski definition) is 0.